The molecule has 48 heavy (non-hydrogen) atoms. The number of hydrogen-bond donors (Lipinski definition) is 1. The number of fused-ring (bicyclic) bond motifs is 1. The van der Waals surface area contributed by atoms with Crippen LogP contribution in [-0.4, -0.2) is 60.5 Å². The van der Waals surface area contributed by atoms with Gasteiger partial charge < -0.3 is 14.2 Å². The van der Waals surface area contributed by atoms with Crippen molar-refractivity contribution in [3.8, 4) is 22.9 Å². The molecular weight excluding hydrogens is 636 g/mol. The summed E-state index contributed by atoms with van der Waals surface area (Å²) >= 11 is 0. The first-order valence-electron chi connectivity index (χ1n) is 15.2. The highest BCUT2D eigenvalue weighted by Gasteiger charge is 2.26. The molecule has 13 nitrogen and oxygen atoms in total. The summed E-state index contributed by atoms with van der Waals surface area (Å²) in [5.41, 5.74) is 4.75. The van der Waals surface area contributed by atoms with E-state index in [4.69, 9.17) is 14.2 Å². The van der Waals surface area contributed by atoms with Gasteiger partial charge in [0.1, 0.15) is 18.1 Å². The van der Waals surface area contributed by atoms with Crippen molar-refractivity contribution in [1.82, 2.24) is 19.9 Å². The summed E-state index contributed by atoms with van der Waals surface area (Å²) in [6.45, 7) is 2.79. The Hall–Kier alpha value is -5.47. The largest absolute Gasteiger partial charge is 0.493 e. The Kier molecular flexibility index (Phi) is 9.55. The molecule has 1 aromatic heterocycles. The molecule has 1 aliphatic rings. The summed E-state index contributed by atoms with van der Waals surface area (Å²) in [6, 6.07) is 23.9. The predicted octanol–water partition coefficient (Wildman–Crippen LogP) is 5.17. The minimum atomic E-state index is -4.27. The second kappa shape index (κ2) is 14.1. The number of hydrogen-bond acceptors (Lipinski definition) is 10. The molecule has 0 bridgehead atoms. The average Bonchev–Trinajstić information content (AvgIpc) is 3.59. The molecule has 5 aromatic rings. The third kappa shape index (κ3) is 7.24. The zero-order valence-corrected chi connectivity index (χ0v) is 27.2. The number of nitro groups is 1. The number of rotatable bonds is 13. The number of methoxy groups -OCH3 is 2. The number of anilines is 1. The minimum Gasteiger partial charge on any atom is -0.493 e. The Bertz CT molecular complexity index is 2030. The number of nitrogens with zero attached hydrogens (tertiary/aromatic N) is 5. The van der Waals surface area contributed by atoms with Crippen molar-refractivity contribution in [2.45, 2.75) is 30.9 Å². The molecule has 0 spiro atoms. The lowest BCUT2D eigenvalue weighted by Crippen LogP contribution is -2.32. The molecule has 14 heteroatoms. The molecule has 0 radical (unpaired) electrons. The molecule has 0 unspecified atom stereocenters. The fraction of sp³-hybridized carbons (Fsp3) is 0.235. The van der Waals surface area contributed by atoms with E-state index in [-0.39, 0.29) is 18.0 Å². The highest BCUT2D eigenvalue weighted by molar-refractivity contribution is 7.92. The summed E-state index contributed by atoms with van der Waals surface area (Å²) in [5, 5.41) is 19.8. The Morgan fingerprint density at radius 3 is 2.38 bits per heavy atom. The van der Waals surface area contributed by atoms with E-state index in [9.17, 15) is 18.5 Å². The number of aromatic nitrogens is 3. The maximum absolute atomic E-state index is 13.0. The van der Waals surface area contributed by atoms with E-state index >= 15 is 0 Å². The second-order valence-corrected chi connectivity index (χ2v) is 12.8. The van der Waals surface area contributed by atoms with Crippen LogP contribution in [0, 0.1) is 10.1 Å². The number of para-hydroxylation sites is 3. The third-order valence-electron chi connectivity index (χ3n) is 8.11. The highest BCUT2D eigenvalue weighted by atomic mass is 32.2. The zero-order chi connectivity index (χ0) is 33.7. The lowest BCUT2D eigenvalue weighted by molar-refractivity contribution is -0.387. The van der Waals surface area contributed by atoms with Crippen LogP contribution in [0.3, 0.4) is 0 Å². The summed E-state index contributed by atoms with van der Waals surface area (Å²) in [4.78, 5) is 12.7. The molecular formula is C34H34N6O7S. The van der Waals surface area contributed by atoms with E-state index < -0.39 is 25.5 Å². The van der Waals surface area contributed by atoms with Gasteiger partial charge in [0.15, 0.2) is 16.4 Å². The Labute approximate surface area is 277 Å². The van der Waals surface area contributed by atoms with E-state index in [2.05, 4.69) is 44.2 Å². The molecule has 0 amide bonds. The Morgan fingerprint density at radius 2 is 1.62 bits per heavy atom. The SMILES string of the molecule is COc1cc2c(cc1OC)CN(CCc1ccc(-n3cc(COc4ccccc4NS(=O)(=O)c4ccccc4[N+](=O)[O-])nn3)cc1)CC2. The van der Waals surface area contributed by atoms with Crippen molar-refractivity contribution in [3.05, 3.63) is 124 Å². The lowest BCUT2D eigenvalue weighted by atomic mass is 9.98. The molecule has 1 N–H and O–H groups in total. The minimum absolute atomic E-state index is 0.0138. The van der Waals surface area contributed by atoms with Crippen LogP contribution in [0.25, 0.3) is 5.69 Å². The first-order valence-corrected chi connectivity index (χ1v) is 16.7. The van der Waals surface area contributed by atoms with Gasteiger partial charge in [0, 0.05) is 25.7 Å². The molecule has 0 fully saturated rings. The fourth-order valence-corrected chi connectivity index (χ4v) is 6.83. The predicted molar refractivity (Wildman–Crippen MR) is 178 cm³/mol. The molecule has 0 atom stereocenters. The van der Waals surface area contributed by atoms with Crippen LogP contribution in [-0.2, 0) is 36.0 Å². The van der Waals surface area contributed by atoms with Crippen molar-refractivity contribution in [2.75, 3.05) is 32.0 Å². The van der Waals surface area contributed by atoms with Crippen molar-refractivity contribution in [2.24, 2.45) is 0 Å². The third-order valence-corrected chi connectivity index (χ3v) is 9.53. The number of benzene rings is 4. The van der Waals surface area contributed by atoms with E-state index in [1.54, 1.807) is 43.3 Å². The van der Waals surface area contributed by atoms with Crippen molar-refractivity contribution >= 4 is 21.4 Å². The molecule has 248 valence electrons. The molecule has 2 heterocycles. The van der Waals surface area contributed by atoms with Gasteiger partial charge in [-0.15, -0.1) is 5.10 Å². The van der Waals surface area contributed by atoms with Gasteiger partial charge in [-0.05, 0) is 72.0 Å². The number of nitro benzene ring substituents is 1. The van der Waals surface area contributed by atoms with Gasteiger partial charge in [0.05, 0.1) is 36.7 Å². The van der Waals surface area contributed by atoms with Crippen molar-refractivity contribution in [1.29, 1.82) is 0 Å². The molecule has 1 aliphatic heterocycles. The maximum atomic E-state index is 13.0. The van der Waals surface area contributed by atoms with E-state index in [0.29, 0.717) is 5.69 Å². The smallest absolute Gasteiger partial charge is 0.289 e. The molecule has 6 rings (SSSR count). The average molecular weight is 671 g/mol. The van der Waals surface area contributed by atoms with Crippen molar-refractivity contribution < 1.29 is 27.6 Å². The first-order chi connectivity index (χ1) is 23.2. The normalized spacial score (nSPS) is 13.0. The second-order valence-electron chi connectivity index (χ2n) is 11.2. The summed E-state index contributed by atoms with van der Waals surface area (Å²) in [7, 11) is -0.957. The number of ether oxygens (including phenoxy) is 3. The van der Waals surface area contributed by atoms with Crippen LogP contribution in [0.5, 0.6) is 17.2 Å². The first kappa shape index (κ1) is 32.5. The van der Waals surface area contributed by atoms with Crippen molar-refractivity contribution in [3.63, 3.8) is 0 Å². The van der Waals surface area contributed by atoms with E-state index in [1.807, 2.05) is 12.1 Å². The van der Waals surface area contributed by atoms with Gasteiger partial charge in [-0.2, -0.15) is 0 Å². The summed E-state index contributed by atoms with van der Waals surface area (Å²) in [5.74, 6) is 1.75. The quantitative estimate of drug-likeness (QED) is 0.131. The van der Waals surface area contributed by atoms with Gasteiger partial charge in [0.25, 0.3) is 15.7 Å². The van der Waals surface area contributed by atoms with Gasteiger partial charge in [-0.1, -0.05) is 41.6 Å². The topological polar surface area (TPSA) is 151 Å². The van der Waals surface area contributed by atoms with Crippen LogP contribution in [0.4, 0.5) is 11.4 Å². The van der Waals surface area contributed by atoms with Gasteiger partial charge in [0.2, 0.25) is 0 Å². The Morgan fingerprint density at radius 1 is 0.917 bits per heavy atom. The Balaban J connectivity index is 1.05. The zero-order valence-electron chi connectivity index (χ0n) is 26.4. The lowest BCUT2D eigenvalue weighted by Gasteiger charge is -2.29. The standard InChI is InChI=1S/C34H34N6O7S/c1-45-32-19-25-16-18-38(21-26(25)20-33(32)46-2)17-15-24-11-13-28(14-12-24)39-22-27(35-37-39)23-47-31-9-5-3-7-29(31)36-48(43,44)34-10-6-4-8-30(34)40(41)42/h3-14,19-20,22,36H,15-18,21,23H2,1-2H3. The number of nitrogens with one attached hydrogen (secondary N) is 1. The molecule has 0 saturated carbocycles. The van der Waals surface area contributed by atoms with Crippen LogP contribution in [0.15, 0.2) is 96.0 Å². The maximum Gasteiger partial charge on any atom is 0.289 e. The van der Waals surface area contributed by atoms with Gasteiger partial charge in [-0.3, -0.25) is 19.7 Å². The van der Waals surface area contributed by atoms with Crippen LogP contribution >= 0.6 is 0 Å². The number of sulfonamides is 1. The van der Waals surface area contributed by atoms with Crippen LogP contribution < -0.4 is 18.9 Å². The van der Waals surface area contributed by atoms with Gasteiger partial charge >= 0.3 is 0 Å². The van der Waals surface area contributed by atoms with E-state index in [1.165, 1.54) is 41.0 Å². The van der Waals surface area contributed by atoms with Gasteiger partial charge in [-0.25, -0.2) is 13.1 Å². The fourth-order valence-electron chi connectivity index (χ4n) is 5.59. The van der Waals surface area contributed by atoms with Crippen LogP contribution in [0.1, 0.15) is 22.4 Å². The van der Waals surface area contributed by atoms with Crippen LogP contribution in [0.2, 0.25) is 0 Å². The van der Waals surface area contributed by atoms with E-state index in [0.717, 1.165) is 55.7 Å². The monoisotopic (exact) mass is 670 g/mol. The molecule has 0 aliphatic carbocycles. The summed E-state index contributed by atoms with van der Waals surface area (Å²) in [6.07, 6.45) is 3.61. The summed E-state index contributed by atoms with van der Waals surface area (Å²) < 4.78 is 47.0. The highest BCUT2D eigenvalue weighted by Crippen LogP contribution is 2.33. The molecule has 4 aromatic carbocycles. The molecule has 0 saturated heterocycles.